The summed E-state index contributed by atoms with van der Waals surface area (Å²) in [6, 6.07) is 2.97. The van der Waals surface area contributed by atoms with E-state index >= 15 is 0 Å². The number of carbonyl (C=O) groups excluding carboxylic acids is 1. The molecule has 1 aromatic rings. The molecular weight excluding hydrogens is 274 g/mol. The average Bonchev–Trinajstić information content (AvgIpc) is 2.30. The van der Waals surface area contributed by atoms with E-state index in [2.05, 4.69) is 15.6 Å². The average molecular weight is 285 g/mol. The maximum Gasteiger partial charge on any atom is 0.305 e. The highest BCUT2D eigenvalue weighted by atomic mass is 32.2. The van der Waals surface area contributed by atoms with E-state index in [4.69, 9.17) is 4.55 Å². The number of hydrogen-bond acceptors (Lipinski definition) is 5. The van der Waals surface area contributed by atoms with Crippen LogP contribution in [0.5, 0.6) is 0 Å². The summed E-state index contributed by atoms with van der Waals surface area (Å²) in [7, 11) is -4.40. The van der Waals surface area contributed by atoms with Crippen molar-refractivity contribution in [1.82, 2.24) is 15.6 Å². The number of pyridine rings is 1. The lowest BCUT2D eigenvalue weighted by Gasteiger charge is -2.22. The van der Waals surface area contributed by atoms with E-state index in [1.165, 1.54) is 18.5 Å². The summed E-state index contributed by atoms with van der Waals surface area (Å²) in [4.78, 5) is 25.2. The van der Waals surface area contributed by atoms with Crippen molar-refractivity contribution in [2.45, 2.75) is 11.9 Å². The van der Waals surface area contributed by atoms with E-state index in [9.17, 15) is 18.0 Å². The van der Waals surface area contributed by atoms with Crippen LogP contribution in [0.1, 0.15) is 5.56 Å². The summed E-state index contributed by atoms with van der Waals surface area (Å²) < 4.78 is 30.5. The molecule has 0 radical (unpaired) electrons. The highest BCUT2D eigenvalue weighted by molar-refractivity contribution is 7.86. The Kier molecular flexibility index (Phi) is 3.40. The molecule has 0 fully saturated rings. The van der Waals surface area contributed by atoms with Gasteiger partial charge in [-0.1, -0.05) is 0 Å². The summed E-state index contributed by atoms with van der Waals surface area (Å²) >= 11 is 0. The zero-order valence-corrected chi connectivity index (χ0v) is 10.4. The van der Waals surface area contributed by atoms with Gasteiger partial charge in [-0.25, -0.2) is 0 Å². The van der Waals surface area contributed by atoms with Crippen molar-refractivity contribution >= 4 is 16.0 Å². The number of carbonyl (C=O) groups is 1. The summed E-state index contributed by atoms with van der Waals surface area (Å²) in [5.74, 6) is -0.623. The number of aromatic nitrogens is 1. The van der Waals surface area contributed by atoms with Crippen LogP contribution in [0.25, 0.3) is 0 Å². The van der Waals surface area contributed by atoms with Crippen molar-refractivity contribution in [3.05, 3.63) is 46.0 Å². The van der Waals surface area contributed by atoms with Crippen molar-refractivity contribution in [2.24, 2.45) is 0 Å². The SMILES string of the molecule is O=C1NC(S(=O)(=O)O)NC=C1Cc1cc[nH]c(=O)c1. The lowest BCUT2D eigenvalue weighted by molar-refractivity contribution is -0.118. The molecule has 4 N–H and O–H groups in total. The number of hydrogen-bond donors (Lipinski definition) is 4. The second-order valence-electron chi connectivity index (χ2n) is 3.94. The van der Waals surface area contributed by atoms with Gasteiger partial charge in [-0.2, -0.15) is 8.42 Å². The van der Waals surface area contributed by atoms with Crippen molar-refractivity contribution in [2.75, 3.05) is 0 Å². The van der Waals surface area contributed by atoms with Gasteiger partial charge in [0.1, 0.15) is 0 Å². The van der Waals surface area contributed by atoms with Crippen molar-refractivity contribution in [3.63, 3.8) is 0 Å². The minimum absolute atomic E-state index is 0.168. The van der Waals surface area contributed by atoms with E-state index in [0.717, 1.165) is 0 Å². The molecule has 19 heavy (non-hydrogen) atoms. The summed E-state index contributed by atoms with van der Waals surface area (Å²) in [6.45, 7) is 0. The maximum atomic E-state index is 11.7. The second kappa shape index (κ2) is 4.86. The minimum atomic E-state index is -4.40. The van der Waals surface area contributed by atoms with Crippen LogP contribution in [0.2, 0.25) is 0 Å². The van der Waals surface area contributed by atoms with Crippen LogP contribution in [0, 0.1) is 0 Å². The molecule has 102 valence electrons. The molecule has 1 aromatic heterocycles. The Balaban J connectivity index is 2.17. The first kappa shape index (κ1) is 13.3. The Hall–Kier alpha value is -2.13. The zero-order valence-electron chi connectivity index (χ0n) is 9.58. The fourth-order valence-corrected chi connectivity index (χ4v) is 2.10. The number of nitrogens with one attached hydrogen (secondary N) is 3. The van der Waals surface area contributed by atoms with E-state index in [-0.39, 0.29) is 17.6 Å². The van der Waals surface area contributed by atoms with Gasteiger partial charge in [0.05, 0.1) is 0 Å². The molecule has 2 rings (SSSR count). The highest BCUT2D eigenvalue weighted by Gasteiger charge is 2.28. The molecule has 2 heterocycles. The molecule has 1 aliphatic heterocycles. The highest BCUT2D eigenvalue weighted by Crippen LogP contribution is 2.09. The van der Waals surface area contributed by atoms with Gasteiger partial charge < -0.3 is 15.6 Å². The molecule has 0 spiro atoms. The fraction of sp³-hybridized carbons (Fsp3) is 0.200. The molecule has 8 nitrogen and oxygen atoms in total. The molecule has 0 saturated heterocycles. The van der Waals surface area contributed by atoms with E-state index in [0.29, 0.717) is 5.56 Å². The Morgan fingerprint density at radius 2 is 2.05 bits per heavy atom. The number of H-pyrrole nitrogens is 1. The van der Waals surface area contributed by atoms with Gasteiger partial charge in [0.25, 0.3) is 5.91 Å². The molecule has 1 unspecified atom stereocenters. The molecule has 1 amide bonds. The predicted octanol–water partition coefficient (Wildman–Crippen LogP) is -1.31. The fourth-order valence-electron chi connectivity index (χ4n) is 1.61. The Morgan fingerprint density at radius 3 is 2.63 bits per heavy atom. The molecule has 0 bridgehead atoms. The third kappa shape index (κ3) is 3.20. The topological polar surface area (TPSA) is 128 Å². The predicted molar refractivity (Wildman–Crippen MR) is 65.5 cm³/mol. The normalized spacial score (nSPS) is 19.3. The van der Waals surface area contributed by atoms with Crippen LogP contribution in [0.3, 0.4) is 0 Å². The molecule has 1 atom stereocenters. The Bertz CT molecular complexity index is 691. The van der Waals surface area contributed by atoms with Gasteiger partial charge in [-0.3, -0.25) is 14.1 Å². The third-order valence-corrected chi connectivity index (χ3v) is 3.34. The third-order valence-electron chi connectivity index (χ3n) is 2.49. The monoisotopic (exact) mass is 285 g/mol. The molecule has 1 aliphatic rings. The van der Waals surface area contributed by atoms with Crippen LogP contribution < -0.4 is 16.2 Å². The molecule has 9 heteroatoms. The Morgan fingerprint density at radius 1 is 1.32 bits per heavy atom. The summed E-state index contributed by atoms with van der Waals surface area (Å²) in [5, 5.41) is 4.46. The van der Waals surface area contributed by atoms with E-state index < -0.39 is 21.5 Å². The van der Waals surface area contributed by atoms with Gasteiger partial charge in [-0.15, -0.1) is 0 Å². The van der Waals surface area contributed by atoms with Crippen molar-refractivity contribution < 1.29 is 17.8 Å². The van der Waals surface area contributed by atoms with Gasteiger partial charge in [-0.05, 0) is 11.6 Å². The smallest absolute Gasteiger partial charge is 0.305 e. The van der Waals surface area contributed by atoms with Crippen molar-refractivity contribution in [1.29, 1.82) is 0 Å². The zero-order chi connectivity index (χ0) is 14.0. The first-order valence-electron chi connectivity index (χ1n) is 5.26. The van der Waals surface area contributed by atoms with Gasteiger partial charge >= 0.3 is 10.1 Å². The first-order valence-corrected chi connectivity index (χ1v) is 6.76. The largest absolute Gasteiger partial charge is 0.356 e. The lowest BCUT2D eigenvalue weighted by Crippen LogP contribution is -2.52. The van der Waals surface area contributed by atoms with E-state index in [1.807, 2.05) is 0 Å². The van der Waals surface area contributed by atoms with Gasteiger partial charge in [0, 0.05) is 30.5 Å². The second-order valence-corrected chi connectivity index (χ2v) is 5.44. The van der Waals surface area contributed by atoms with Crippen LogP contribution in [0.15, 0.2) is 34.9 Å². The molecule has 0 saturated carbocycles. The summed E-state index contributed by atoms with van der Waals surface area (Å²) in [5.41, 5.74) is -0.983. The number of rotatable bonds is 3. The van der Waals surface area contributed by atoms with Crippen LogP contribution in [-0.4, -0.2) is 29.4 Å². The minimum Gasteiger partial charge on any atom is -0.356 e. The van der Waals surface area contributed by atoms with Gasteiger partial charge in [0.2, 0.25) is 11.1 Å². The molecular formula is C10H11N3O5S. The van der Waals surface area contributed by atoms with E-state index in [1.54, 1.807) is 6.07 Å². The van der Waals surface area contributed by atoms with Crippen LogP contribution in [0.4, 0.5) is 0 Å². The maximum absolute atomic E-state index is 11.7. The van der Waals surface area contributed by atoms with Crippen molar-refractivity contribution in [3.8, 4) is 0 Å². The quantitative estimate of drug-likeness (QED) is 0.511. The van der Waals surface area contributed by atoms with Crippen LogP contribution in [-0.2, 0) is 21.3 Å². The van der Waals surface area contributed by atoms with Gasteiger partial charge in [0.15, 0.2) is 0 Å². The molecule has 0 aromatic carbocycles. The van der Waals surface area contributed by atoms with Crippen LogP contribution >= 0.6 is 0 Å². The number of amides is 1. The first-order chi connectivity index (χ1) is 8.86. The molecule has 0 aliphatic carbocycles. The standard InChI is InChI=1S/C10H11N3O5S/c14-8-4-6(1-2-11-8)3-7-5-12-10(13-9(7)15)19(16,17)18/h1-2,4-5,10,12H,3H2,(H,11,14)(H,13,15)(H,16,17,18). The Labute approximate surface area is 108 Å². The number of aromatic amines is 1. The summed E-state index contributed by atoms with van der Waals surface area (Å²) in [6.07, 6.45) is 2.83. The lowest BCUT2D eigenvalue weighted by atomic mass is 10.1.